The molecular weight excluding hydrogens is 278 g/mol. The van der Waals surface area contributed by atoms with Crippen molar-refractivity contribution in [1.29, 1.82) is 0 Å². The molecular formula is C13H21N3O3S. The Labute approximate surface area is 119 Å². The molecule has 20 heavy (non-hydrogen) atoms. The minimum Gasteiger partial charge on any atom is -0.330 e. The molecule has 0 atom stereocenters. The summed E-state index contributed by atoms with van der Waals surface area (Å²) < 4.78 is 25.9. The fourth-order valence-corrected chi connectivity index (χ4v) is 2.72. The van der Waals surface area contributed by atoms with Gasteiger partial charge in [-0.25, -0.2) is 13.1 Å². The minimum absolute atomic E-state index is 0.143. The van der Waals surface area contributed by atoms with Crippen LogP contribution in [0.4, 0.5) is 5.69 Å². The van der Waals surface area contributed by atoms with E-state index in [4.69, 9.17) is 5.73 Å². The van der Waals surface area contributed by atoms with Gasteiger partial charge in [-0.3, -0.25) is 4.79 Å². The van der Waals surface area contributed by atoms with Gasteiger partial charge in [-0.05, 0) is 51.1 Å². The van der Waals surface area contributed by atoms with Crippen molar-refractivity contribution in [2.75, 3.05) is 18.9 Å². The van der Waals surface area contributed by atoms with E-state index in [2.05, 4.69) is 10.0 Å². The monoisotopic (exact) mass is 299 g/mol. The average molecular weight is 299 g/mol. The van der Waals surface area contributed by atoms with E-state index in [1.807, 2.05) is 0 Å². The molecule has 4 N–H and O–H groups in total. The van der Waals surface area contributed by atoms with Crippen LogP contribution in [0.3, 0.4) is 0 Å². The molecule has 0 radical (unpaired) electrons. The Balaban J connectivity index is 2.83. The molecule has 0 saturated carbocycles. The molecule has 0 aromatic heterocycles. The molecule has 1 aromatic carbocycles. The van der Waals surface area contributed by atoms with Crippen molar-refractivity contribution in [3.05, 3.63) is 23.8 Å². The van der Waals surface area contributed by atoms with Gasteiger partial charge in [0.25, 0.3) is 0 Å². The van der Waals surface area contributed by atoms with Crippen molar-refractivity contribution in [3.63, 3.8) is 0 Å². The molecule has 1 rings (SSSR count). The Morgan fingerprint density at radius 1 is 1.30 bits per heavy atom. The normalized spacial score (nSPS) is 11.3. The summed E-state index contributed by atoms with van der Waals surface area (Å²) >= 11 is 0. The number of carbonyl (C=O) groups is 1. The summed E-state index contributed by atoms with van der Waals surface area (Å²) in [5.41, 5.74) is 6.46. The van der Waals surface area contributed by atoms with Crippen LogP contribution in [0.1, 0.15) is 24.8 Å². The number of carbonyl (C=O) groups excluding carboxylic acids is 1. The van der Waals surface area contributed by atoms with Crippen molar-refractivity contribution in [3.8, 4) is 0 Å². The Morgan fingerprint density at radius 3 is 2.60 bits per heavy atom. The third-order valence-corrected chi connectivity index (χ3v) is 4.44. The minimum atomic E-state index is -3.53. The zero-order chi connectivity index (χ0) is 15.2. The highest BCUT2D eigenvalue weighted by Gasteiger charge is 2.15. The fourth-order valence-electron chi connectivity index (χ4n) is 1.73. The van der Waals surface area contributed by atoms with E-state index in [1.54, 1.807) is 19.1 Å². The van der Waals surface area contributed by atoms with Crippen LogP contribution in [0.2, 0.25) is 0 Å². The number of rotatable bonds is 7. The summed E-state index contributed by atoms with van der Waals surface area (Å²) in [6.45, 7) is 2.26. The Hall–Kier alpha value is -1.44. The number of nitrogens with two attached hydrogens (primary N) is 1. The molecule has 0 saturated heterocycles. The standard InChI is InChI=1S/C13H21N3O3S/c1-10-6-7-11(9-12(10)20(18,19)15-2)16-13(17)5-3-4-8-14/h6-7,9,15H,3-5,8,14H2,1-2H3,(H,16,17). The molecule has 0 aliphatic rings. The second kappa shape index (κ2) is 7.37. The molecule has 1 aromatic rings. The van der Waals surface area contributed by atoms with Gasteiger partial charge < -0.3 is 11.1 Å². The number of anilines is 1. The van der Waals surface area contributed by atoms with Crippen LogP contribution in [-0.4, -0.2) is 27.9 Å². The van der Waals surface area contributed by atoms with E-state index < -0.39 is 10.0 Å². The molecule has 0 heterocycles. The topological polar surface area (TPSA) is 101 Å². The molecule has 0 unspecified atom stereocenters. The van der Waals surface area contributed by atoms with Crippen LogP contribution in [-0.2, 0) is 14.8 Å². The van der Waals surface area contributed by atoms with Crippen molar-refractivity contribution >= 4 is 21.6 Å². The Kier molecular flexibility index (Phi) is 6.12. The second-order valence-corrected chi connectivity index (χ2v) is 6.34. The molecule has 0 spiro atoms. The van der Waals surface area contributed by atoms with Gasteiger partial charge in [-0.2, -0.15) is 0 Å². The van der Waals surface area contributed by atoms with Gasteiger partial charge in [-0.1, -0.05) is 6.07 Å². The summed E-state index contributed by atoms with van der Waals surface area (Å²) in [6.07, 6.45) is 1.88. The van der Waals surface area contributed by atoms with E-state index in [1.165, 1.54) is 13.1 Å². The first kappa shape index (κ1) is 16.6. The van der Waals surface area contributed by atoms with Gasteiger partial charge in [0, 0.05) is 12.1 Å². The second-order valence-electron chi connectivity index (χ2n) is 4.48. The lowest BCUT2D eigenvalue weighted by Gasteiger charge is -2.10. The van der Waals surface area contributed by atoms with E-state index in [-0.39, 0.29) is 10.8 Å². The lowest BCUT2D eigenvalue weighted by molar-refractivity contribution is -0.116. The SMILES string of the molecule is CNS(=O)(=O)c1cc(NC(=O)CCCCN)ccc1C. The molecule has 1 amide bonds. The number of benzene rings is 1. The first-order chi connectivity index (χ1) is 9.40. The molecule has 0 aliphatic carbocycles. The highest BCUT2D eigenvalue weighted by Crippen LogP contribution is 2.20. The number of aryl methyl sites for hydroxylation is 1. The molecule has 6 nitrogen and oxygen atoms in total. The number of hydrogen-bond donors (Lipinski definition) is 3. The summed E-state index contributed by atoms with van der Waals surface area (Å²) in [7, 11) is -2.17. The predicted molar refractivity (Wildman–Crippen MR) is 79.0 cm³/mol. The maximum atomic E-state index is 11.8. The van der Waals surface area contributed by atoms with Crippen LogP contribution in [0, 0.1) is 6.92 Å². The zero-order valence-corrected chi connectivity index (χ0v) is 12.6. The highest BCUT2D eigenvalue weighted by molar-refractivity contribution is 7.89. The van der Waals surface area contributed by atoms with Crippen LogP contribution in [0.5, 0.6) is 0 Å². The summed E-state index contributed by atoms with van der Waals surface area (Å²) in [5.74, 6) is -0.143. The molecule has 112 valence electrons. The van der Waals surface area contributed by atoms with E-state index in [0.29, 0.717) is 24.2 Å². The number of amides is 1. The summed E-state index contributed by atoms with van der Waals surface area (Å²) in [4.78, 5) is 11.9. The number of unbranched alkanes of at least 4 members (excludes halogenated alkanes) is 1. The van der Waals surface area contributed by atoms with Crippen LogP contribution >= 0.6 is 0 Å². The summed E-state index contributed by atoms with van der Waals surface area (Å²) in [5, 5.41) is 2.69. The first-order valence-electron chi connectivity index (χ1n) is 6.45. The average Bonchev–Trinajstić information content (AvgIpc) is 2.41. The fraction of sp³-hybridized carbons (Fsp3) is 0.462. The van der Waals surface area contributed by atoms with Gasteiger partial charge >= 0.3 is 0 Å². The van der Waals surface area contributed by atoms with Gasteiger partial charge in [-0.15, -0.1) is 0 Å². The number of hydrogen-bond acceptors (Lipinski definition) is 4. The lowest BCUT2D eigenvalue weighted by atomic mass is 10.2. The van der Waals surface area contributed by atoms with Crippen molar-refractivity contribution in [2.45, 2.75) is 31.1 Å². The number of nitrogens with one attached hydrogen (secondary N) is 2. The quantitative estimate of drug-likeness (QED) is 0.653. The number of sulfonamides is 1. The van der Waals surface area contributed by atoms with Gasteiger partial charge in [0.15, 0.2) is 0 Å². The Bertz CT molecular complexity index is 570. The summed E-state index contributed by atoms with van der Waals surface area (Å²) in [6, 6.07) is 4.81. The van der Waals surface area contributed by atoms with Crippen LogP contribution in [0.15, 0.2) is 23.1 Å². The third kappa shape index (κ3) is 4.59. The smallest absolute Gasteiger partial charge is 0.240 e. The third-order valence-electron chi connectivity index (χ3n) is 2.89. The van der Waals surface area contributed by atoms with Crippen molar-refractivity contribution < 1.29 is 13.2 Å². The van der Waals surface area contributed by atoms with Gasteiger partial charge in [0.05, 0.1) is 4.90 Å². The zero-order valence-electron chi connectivity index (χ0n) is 11.8. The first-order valence-corrected chi connectivity index (χ1v) is 7.93. The van der Waals surface area contributed by atoms with Crippen LogP contribution < -0.4 is 15.8 Å². The molecule has 7 heteroatoms. The molecule has 0 fully saturated rings. The highest BCUT2D eigenvalue weighted by atomic mass is 32.2. The maximum Gasteiger partial charge on any atom is 0.240 e. The van der Waals surface area contributed by atoms with E-state index in [0.717, 1.165) is 12.8 Å². The van der Waals surface area contributed by atoms with E-state index in [9.17, 15) is 13.2 Å². The largest absolute Gasteiger partial charge is 0.330 e. The molecule has 0 bridgehead atoms. The van der Waals surface area contributed by atoms with Crippen LogP contribution in [0.25, 0.3) is 0 Å². The maximum absolute atomic E-state index is 11.8. The van der Waals surface area contributed by atoms with Crippen molar-refractivity contribution in [2.24, 2.45) is 5.73 Å². The Morgan fingerprint density at radius 2 is 2.00 bits per heavy atom. The molecule has 0 aliphatic heterocycles. The van der Waals surface area contributed by atoms with E-state index >= 15 is 0 Å². The lowest BCUT2D eigenvalue weighted by Crippen LogP contribution is -2.20. The van der Waals surface area contributed by atoms with Crippen molar-refractivity contribution in [1.82, 2.24) is 4.72 Å². The predicted octanol–water partition coefficient (Wildman–Crippen LogP) is 0.971. The van der Waals surface area contributed by atoms with Gasteiger partial charge in [0.1, 0.15) is 0 Å². The van der Waals surface area contributed by atoms with Gasteiger partial charge in [0.2, 0.25) is 15.9 Å².